The van der Waals surface area contributed by atoms with E-state index in [1.165, 1.54) is 23.0 Å². The molecule has 1 N–H and O–H groups in total. The van der Waals surface area contributed by atoms with Crippen molar-refractivity contribution in [2.75, 3.05) is 6.61 Å². The second kappa shape index (κ2) is 7.73. The molecule has 7 heteroatoms. The van der Waals surface area contributed by atoms with Crippen LogP contribution in [0.1, 0.15) is 13.0 Å². The molecule has 0 bridgehead atoms. The van der Waals surface area contributed by atoms with E-state index in [-0.39, 0.29) is 12.2 Å². The summed E-state index contributed by atoms with van der Waals surface area (Å²) in [4.78, 5) is 22.2. The van der Waals surface area contributed by atoms with Gasteiger partial charge in [-0.25, -0.2) is 14.4 Å². The Labute approximate surface area is 171 Å². The van der Waals surface area contributed by atoms with Gasteiger partial charge in [-0.2, -0.15) is 0 Å². The molecule has 2 aromatic carbocycles. The molecule has 1 unspecified atom stereocenters. The van der Waals surface area contributed by atoms with Gasteiger partial charge in [-0.05, 0) is 37.3 Å². The van der Waals surface area contributed by atoms with E-state index in [9.17, 15) is 14.3 Å². The summed E-state index contributed by atoms with van der Waals surface area (Å²) >= 11 is 5.99. The minimum Gasteiger partial charge on any atom is -0.394 e. The number of pyridine rings is 1. The first-order chi connectivity index (χ1) is 14.0. The lowest BCUT2D eigenvalue weighted by molar-refractivity contribution is 0.236. The molecule has 0 aliphatic carbocycles. The Kier molecular flexibility index (Phi) is 5.13. The molecular weight excluding hydrogens is 393 g/mol. The summed E-state index contributed by atoms with van der Waals surface area (Å²) < 4.78 is 15.2. The Hall–Kier alpha value is -3.09. The number of hydrogen-bond acceptors (Lipinski definition) is 4. The molecule has 0 amide bonds. The van der Waals surface area contributed by atoms with Crippen LogP contribution in [0.4, 0.5) is 4.39 Å². The molecule has 1 atom stereocenters. The molecule has 4 aromatic rings. The van der Waals surface area contributed by atoms with Crippen LogP contribution in [0.3, 0.4) is 0 Å². The number of rotatable bonds is 4. The number of fused-ring (bicyclic) bond motifs is 1. The highest BCUT2D eigenvalue weighted by atomic mass is 35.5. The highest BCUT2D eigenvalue weighted by Crippen LogP contribution is 2.29. The second-order valence-electron chi connectivity index (χ2n) is 6.76. The SMILES string of the molecule is CC(CO)n1cnc2c(-c3cccc(F)c3)nc(-c3ccc(Cl)cc3)cc2c1=O. The summed E-state index contributed by atoms with van der Waals surface area (Å²) in [6.07, 6.45) is 1.39. The number of nitrogens with zero attached hydrogens (tertiary/aromatic N) is 3. The molecule has 0 spiro atoms. The third kappa shape index (κ3) is 3.64. The Morgan fingerprint density at radius 3 is 2.59 bits per heavy atom. The van der Waals surface area contributed by atoms with Gasteiger partial charge in [0.05, 0.1) is 35.8 Å². The van der Waals surface area contributed by atoms with Gasteiger partial charge in [0.15, 0.2) is 0 Å². The van der Waals surface area contributed by atoms with Gasteiger partial charge in [0, 0.05) is 16.1 Å². The van der Waals surface area contributed by atoms with E-state index in [0.717, 1.165) is 5.56 Å². The fourth-order valence-corrected chi connectivity index (χ4v) is 3.28. The number of halogens is 2. The van der Waals surface area contributed by atoms with Gasteiger partial charge in [-0.3, -0.25) is 9.36 Å². The summed E-state index contributed by atoms with van der Waals surface area (Å²) in [6, 6.07) is 14.3. The third-order valence-corrected chi connectivity index (χ3v) is 5.00. The Morgan fingerprint density at radius 1 is 1.14 bits per heavy atom. The van der Waals surface area contributed by atoms with Crippen LogP contribution in [0.25, 0.3) is 33.4 Å². The zero-order chi connectivity index (χ0) is 20.5. The maximum atomic E-state index is 13.9. The molecule has 2 heterocycles. The third-order valence-electron chi connectivity index (χ3n) is 4.75. The molecule has 0 aliphatic heterocycles. The summed E-state index contributed by atoms with van der Waals surface area (Å²) in [6.45, 7) is 1.53. The van der Waals surface area contributed by atoms with E-state index in [2.05, 4.69) is 9.97 Å². The van der Waals surface area contributed by atoms with Crippen LogP contribution in [0.2, 0.25) is 5.02 Å². The van der Waals surface area contributed by atoms with Gasteiger partial charge < -0.3 is 5.11 Å². The fourth-order valence-electron chi connectivity index (χ4n) is 3.15. The molecule has 0 saturated heterocycles. The van der Waals surface area contributed by atoms with Crippen molar-refractivity contribution in [3.63, 3.8) is 0 Å². The maximum Gasteiger partial charge on any atom is 0.261 e. The molecule has 4 rings (SSSR count). The fraction of sp³-hybridized carbons (Fsp3) is 0.136. The molecule has 0 aliphatic rings. The van der Waals surface area contributed by atoms with Gasteiger partial charge in [0.25, 0.3) is 5.56 Å². The van der Waals surface area contributed by atoms with Crippen LogP contribution in [0.5, 0.6) is 0 Å². The summed E-state index contributed by atoms with van der Waals surface area (Å²) in [5.74, 6) is -0.406. The van der Waals surface area contributed by atoms with Crippen LogP contribution in [-0.2, 0) is 0 Å². The predicted octanol–water partition coefficient (Wildman–Crippen LogP) is 4.47. The van der Waals surface area contributed by atoms with Crippen LogP contribution in [-0.4, -0.2) is 26.2 Å². The molecule has 0 fully saturated rings. The van der Waals surface area contributed by atoms with Gasteiger partial charge in [0.1, 0.15) is 11.3 Å². The molecule has 5 nitrogen and oxygen atoms in total. The lowest BCUT2D eigenvalue weighted by Gasteiger charge is -2.14. The predicted molar refractivity (Wildman–Crippen MR) is 111 cm³/mol. The van der Waals surface area contributed by atoms with Crippen LogP contribution in [0.15, 0.2) is 65.7 Å². The van der Waals surface area contributed by atoms with E-state index >= 15 is 0 Å². The van der Waals surface area contributed by atoms with Crippen molar-refractivity contribution < 1.29 is 9.50 Å². The lowest BCUT2D eigenvalue weighted by atomic mass is 10.0. The van der Waals surface area contributed by atoms with Crippen LogP contribution < -0.4 is 5.56 Å². The Bertz CT molecular complexity index is 1260. The van der Waals surface area contributed by atoms with Crippen molar-refractivity contribution in [3.8, 4) is 22.5 Å². The first-order valence-electron chi connectivity index (χ1n) is 9.02. The lowest BCUT2D eigenvalue weighted by Crippen LogP contribution is -2.25. The zero-order valence-electron chi connectivity index (χ0n) is 15.5. The quantitative estimate of drug-likeness (QED) is 0.540. The molecule has 0 saturated carbocycles. The minimum atomic E-state index is -0.427. The average molecular weight is 410 g/mol. The summed E-state index contributed by atoms with van der Waals surface area (Å²) in [7, 11) is 0. The molecular formula is C22H17ClFN3O2. The second-order valence-corrected chi connectivity index (χ2v) is 7.19. The topological polar surface area (TPSA) is 68.0 Å². The highest BCUT2D eigenvalue weighted by molar-refractivity contribution is 6.30. The van der Waals surface area contributed by atoms with Crippen molar-refractivity contribution in [2.24, 2.45) is 0 Å². The molecule has 2 aromatic heterocycles. The van der Waals surface area contributed by atoms with Gasteiger partial charge in [-0.15, -0.1) is 0 Å². The van der Waals surface area contributed by atoms with Crippen LogP contribution in [0, 0.1) is 5.82 Å². The normalized spacial score (nSPS) is 12.3. The van der Waals surface area contributed by atoms with Crippen molar-refractivity contribution >= 4 is 22.5 Å². The number of aromatic nitrogens is 3. The number of aliphatic hydroxyl groups excluding tert-OH is 1. The number of aliphatic hydroxyl groups is 1. The molecule has 0 radical (unpaired) electrons. The van der Waals surface area contributed by atoms with E-state index in [4.69, 9.17) is 11.6 Å². The van der Waals surface area contributed by atoms with E-state index < -0.39 is 11.9 Å². The standard InChI is InChI=1S/C22H17ClFN3O2/c1-13(11-28)27-12-25-21-18(22(27)29)10-19(14-5-7-16(23)8-6-14)26-20(21)15-3-2-4-17(24)9-15/h2-10,12-13,28H,11H2,1H3. The monoisotopic (exact) mass is 409 g/mol. The zero-order valence-corrected chi connectivity index (χ0v) is 16.3. The maximum absolute atomic E-state index is 13.9. The van der Waals surface area contributed by atoms with E-state index in [1.807, 2.05) is 0 Å². The first-order valence-corrected chi connectivity index (χ1v) is 9.40. The largest absolute Gasteiger partial charge is 0.394 e. The summed E-state index contributed by atoms with van der Waals surface area (Å²) in [5, 5.41) is 10.4. The Balaban J connectivity index is 2.05. The van der Waals surface area contributed by atoms with Gasteiger partial charge in [-0.1, -0.05) is 35.9 Å². The smallest absolute Gasteiger partial charge is 0.261 e. The molecule has 146 valence electrons. The van der Waals surface area contributed by atoms with Crippen molar-refractivity contribution in [2.45, 2.75) is 13.0 Å². The first kappa shape index (κ1) is 19.2. The molecule has 29 heavy (non-hydrogen) atoms. The van der Waals surface area contributed by atoms with Gasteiger partial charge >= 0.3 is 0 Å². The van der Waals surface area contributed by atoms with Crippen molar-refractivity contribution in [1.82, 2.24) is 14.5 Å². The van der Waals surface area contributed by atoms with E-state index in [1.54, 1.807) is 49.4 Å². The average Bonchev–Trinajstić information content (AvgIpc) is 2.73. The highest BCUT2D eigenvalue weighted by Gasteiger charge is 2.17. The Morgan fingerprint density at radius 2 is 1.90 bits per heavy atom. The minimum absolute atomic E-state index is 0.195. The number of hydrogen-bond donors (Lipinski definition) is 1. The van der Waals surface area contributed by atoms with Crippen molar-refractivity contribution in [3.05, 3.63) is 82.1 Å². The van der Waals surface area contributed by atoms with Crippen molar-refractivity contribution in [1.29, 1.82) is 0 Å². The van der Waals surface area contributed by atoms with Gasteiger partial charge in [0.2, 0.25) is 0 Å². The van der Waals surface area contributed by atoms with Crippen LogP contribution >= 0.6 is 11.6 Å². The summed E-state index contributed by atoms with van der Waals surface area (Å²) in [5.41, 5.74) is 2.31. The van der Waals surface area contributed by atoms with E-state index in [0.29, 0.717) is 32.9 Å². The number of benzene rings is 2.